The van der Waals surface area contributed by atoms with Crippen molar-refractivity contribution in [2.45, 2.75) is 33.8 Å². The van der Waals surface area contributed by atoms with Gasteiger partial charge in [0.05, 0.1) is 34.4 Å². The summed E-state index contributed by atoms with van der Waals surface area (Å²) in [6.07, 6.45) is 1.68. The minimum absolute atomic E-state index is 0.0168. The van der Waals surface area contributed by atoms with Gasteiger partial charge in [0.1, 0.15) is 17.4 Å². The summed E-state index contributed by atoms with van der Waals surface area (Å²) < 4.78 is 21.1. The van der Waals surface area contributed by atoms with Crippen LogP contribution in [0.4, 0.5) is 15.9 Å². The number of carboxylic acid groups (broad SMARTS) is 1. The van der Waals surface area contributed by atoms with Crippen LogP contribution in [-0.2, 0) is 0 Å². The molecule has 8 nitrogen and oxygen atoms in total. The Morgan fingerprint density at radius 2 is 1.94 bits per heavy atom. The zero-order chi connectivity index (χ0) is 24.4. The lowest BCUT2D eigenvalue weighted by Gasteiger charge is -2.12. The Balaban J connectivity index is 1.85. The highest BCUT2D eigenvalue weighted by Gasteiger charge is 2.18. The van der Waals surface area contributed by atoms with Gasteiger partial charge in [-0.25, -0.2) is 14.2 Å². The van der Waals surface area contributed by atoms with E-state index in [0.29, 0.717) is 34.5 Å². The highest BCUT2D eigenvalue weighted by Crippen LogP contribution is 2.30. The first-order valence-electron chi connectivity index (χ1n) is 10.7. The molecule has 2 aromatic heterocycles. The SMILES string of the molecule is Cc1cnc(C)c(-n2nc(-c3cccc(OC(C)C)c3)cc2Nc2ccc(F)cc2C(=O)O)n1. The fraction of sp³-hybridized carbons (Fsp3) is 0.200. The molecule has 0 aliphatic rings. The maximum absolute atomic E-state index is 13.7. The lowest BCUT2D eigenvalue weighted by atomic mass is 10.1. The second kappa shape index (κ2) is 9.30. The zero-order valence-corrected chi connectivity index (χ0v) is 19.2. The van der Waals surface area contributed by atoms with E-state index < -0.39 is 11.8 Å². The lowest BCUT2D eigenvalue weighted by molar-refractivity contribution is 0.0697. The summed E-state index contributed by atoms with van der Waals surface area (Å²) >= 11 is 0. The maximum atomic E-state index is 13.7. The van der Waals surface area contributed by atoms with Gasteiger partial charge in [-0.05, 0) is 58.0 Å². The van der Waals surface area contributed by atoms with Crippen molar-refractivity contribution in [1.82, 2.24) is 19.7 Å². The molecule has 2 heterocycles. The van der Waals surface area contributed by atoms with Crippen molar-refractivity contribution in [1.29, 1.82) is 0 Å². The molecule has 0 amide bonds. The minimum Gasteiger partial charge on any atom is -0.491 e. The number of anilines is 2. The van der Waals surface area contributed by atoms with Crippen molar-refractivity contribution in [2.75, 3.05) is 5.32 Å². The van der Waals surface area contributed by atoms with Crippen LogP contribution in [-0.4, -0.2) is 36.9 Å². The molecule has 0 aliphatic carbocycles. The molecular weight excluding hydrogens is 437 g/mol. The standard InChI is InChI=1S/C25H24FN5O3/c1-14(2)34-19-7-5-6-17(10-19)22-12-23(29-21-9-8-18(26)11-20(21)25(32)33)31(30-22)24-16(4)27-13-15(3)28-24/h5-14,29H,1-4H3,(H,32,33). The van der Waals surface area contributed by atoms with Crippen molar-refractivity contribution >= 4 is 17.5 Å². The quantitative estimate of drug-likeness (QED) is 0.384. The molecule has 0 bridgehead atoms. The van der Waals surface area contributed by atoms with Gasteiger partial charge in [0, 0.05) is 17.8 Å². The van der Waals surface area contributed by atoms with E-state index in [9.17, 15) is 14.3 Å². The van der Waals surface area contributed by atoms with Crippen LogP contribution in [0, 0.1) is 19.7 Å². The normalized spacial score (nSPS) is 11.0. The number of benzene rings is 2. The molecule has 2 N–H and O–H groups in total. The fourth-order valence-electron chi connectivity index (χ4n) is 3.44. The first-order chi connectivity index (χ1) is 16.2. The fourth-order valence-corrected chi connectivity index (χ4v) is 3.44. The minimum atomic E-state index is -1.25. The zero-order valence-electron chi connectivity index (χ0n) is 19.2. The predicted octanol–water partition coefficient (Wildman–Crippen LogP) is 5.31. The van der Waals surface area contributed by atoms with E-state index in [-0.39, 0.29) is 17.4 Å². The molecule has 0 atom stereocenters. The number of carboxylic acids is 1. The van der Waals surface area contributed by atoms with Gasteiger partial charge in [-0.1, -0.05) is 12.1 Å². The largest absolute Gasteiger partial charge is 0.491 e. The number of ether oxygens (including phenoxy) is 1. The van der Waals surface area contributed by atoms with Gasteiger partial charge < -0.3 is 15.2 Å². The van der Waals surface area contributed by atoms with E-state index >= 15 is 0 Å². The molecular formula is C25H24FN5O3. The average Bonchev–Trinajstić information content (AvgIpc) is 3.20. The molecule has 0 radical (unpaired) electrons. The molecule has 0 unspecified atom stereocenters. The summed E-state index contributed by atoms with van der Waals surface area (Å²) in [5.41, 5.74) is 2.77. The van der Waals surface area contributed by atoms with E-state index in [4.69, 9.17) is 9.84 Å². The third-order valence-corrected chi connectivity index (χ3v) is 4.94. The third-order valence-electron chi connectivity index (χ3n) is 4.94. The monoisotopic (exact) mass is 461 g/mol. The van der Waals surface area contributed by atoms with Crippen LogP contribution in [0.3, 0.4) is 0 Å². The van der Waals surface area contributed by atoms with Gasteiger partial charge in [0.25, 0.3) is 0 Å². The van der Waals surface area contributed by atoms with Crippen molar-refractivity contribution in [3.05, 3.63) is 77.5 Å². The van der Waals surface area contributed by atoms with Crippen LogP contribution in [0.25, 0.3) is 17.1 Å². The van der Waals surface area contributed by atoms with Crippen LogP contribution < -0.4 is 10.1 Å². The summed E-state index contributed by atoms with van der Waals surface area (Å²) in [6, 6.07) is 12.8. The van der Waals surface area contributed by atoms with Crippen molar-refractivity contribution < 1.29 is 19.0 Å². The lowest BCUT2D eigenvalue weighted by Crippen LogP contribution is -2.10. The first-order valence-corrected chi connectivity index (χ1v) is 10.7. The summed E-state index contributed by atoms with van der Waals surface area (Å²) in [5.74, 6) is -0.253. The molecule has 0 saturated carbocycles. The number of nitrogens with one attached hydrogen (secondary N) is 1. The average molecular weight is 461 g/mol. The van der Waals surface area contributed by atoms with Crippen LogP contribution >= 0.6 is 0 Å². The molecule has 9 heteroatoms. The van der Waals surface area contributed by atoms with Gasteiger partial charge in [0.2, 0.25) is 0 Å². The number of rotatable bonds is 7. The van der Waals surface area contributed by atoms with Crippen molar-refractivity contribution in [3.8, 4) is 22.8 Å². The predicted molar refractivity (Wildman–Crippen MR) is 126 cm³/mol. The molecule has 34 heavy (non-hydrogen) atoms. The summed E-state index contributed by atoms with van der Waals surface area (Å²) in [5, 5.41) is 17.4. The van der Waals surface area contributed by atoms with Gasteiger partial charge in [-0.15, -0.1) is 0 Å². The second-order valence-corrected chi connectivity index (χ2v) is 8.06. The molecule has 0 fully saturated rings. The molecule has 0 aliphatic heterocycles. The molecule has 0 spiro atoms. The Bertz CT molecular complexity index is 1370. The number of aromatic nitrogens is 4. The number of hydrogen-bond acceptors (Lipinski definition) is 6. The summed E-state index contributed by atoms with van der Waals surface area (Å²) in [6.45, 7) is 7.53. The first kappa shape index (κ1) is 22.9. The summed E-state index contributed by atoms with van der Waals surface area (Å²) in [7, 11) is 0. The van der Waals surface area contributed by atoms with E-state index in [0.717, 1.165) is 11.6 Å². The molecule has 2 aromatic carbocycles. The molecule has 4 rings (SSSR count). The van der Waals surface area contributed by atoms with Gasteiger partial charge in [0.15, 0.2) is 5.82 Å². The number of nitrogens with zero attached hydrogens (tertiary/aromatic N) is 4. The third kappa shape index (κ3) is 4.88. The Kier molecular flexibility index (Phi) is 6.27. The van der Waals surface area contributed by atoms with E-state index in [2.05, 4.69) is 15.3 Å². The number of hydrogen-bond donors (Lipinski definition) is 2. The molecule has 174 valence electrons. The Morgan fingerprint density at radius 1 is 1.15 bits per heavy atom. The van der Waals surface area contributed by atoms with Crippen LogP contribution in [0.15, 0.2) is 54.7 Å². The van der Waals surface area contributed by atoms with Crippen molar-refractivity contribution in [2.24, 2.45) is 0 Å². The number of halogens is 1. The van der Waals surface area contributed by atoms with Crippen LogP contribution in [0.5, 0.6) is 5.75 Å². The van der Waals surface area contributed by atoms with E-state index in [1.165, 1.54) is 12.1 Å². The second-order valence-electron chi connectivity index (χ2n) is 8.06. The van der Waals surface area contributed by atoms with E-state index in [1.54, 1.807) is 16.9 Å². The smallest absolute Gasteiger partial charge is 0.337 e. The molecule has 4 aromatic rings. The van der Waals surface area contributed by atoms with Crippen LogP contribution in [0.1, 0.15) is 35.6 Å². The topological polar surface area (TPSA) is 102 Å². The van der Waals surface area contributed by atoms with Gasteiger partial charge in [-0.3, -0.25) is 4.98 Å². The van der Waals surface area contributed by atoms with Gasteiger partial charge >= 0.3 is 5.97 Å². The summed E-state index contributed by atoms with van der Waals surface area (Å²) in [4.78, 5) is 20.7. The Labute approximate surface area is 196 Å². The number of aromatic carboxylic acids is 1. The van der Waals surface area contributed by atoms with Crippen LogP contribution in [0.2, 0.25) is 0 Å². The van der Waals surface area contributed by atoms with Gasteiger partial charge in [-0.2, -0.15) is 9.78 Å². The van der Waals surface area contributed by atoms with Crippen molar-refractivity contribution in [3.63, 3.8) is 0 Å². The maximum Gasteiger partial charge on any atom is 0.337 e. The number of aryl methyl sites for hydroxylation is 2. The highest BCUT2D eigenvalue weighted by atomic mass is 19.1. The number of carbonyl (C=O) groups is 1. The van der Waals surface area contributed by atoms with E-state index in [1.807, 2.05) is 52.0 Å². The molecule has 0 saturated heterocycles. The highest BCUT2D eigenvalue weighted by molar-refractivity contribution is 5.95. The Hall–Kier alpha value is -4.27. The Morgan fingerprint density at radius 3 is 2.68 bits per heavy atom.